The van der Waals surface area contributed by atoms with Crippen LogP contribution in [0.2, 0.25) is 0 Å². The Morgan fingerprint density at radius 3 is 2.93 bits per heavy atom. The van der Waals surface area contributed by atoms with Gasteiger partial charge in [-0.25, -0.2) is 0 Å². The summed E-state index contributed by atoms with van der Waals surface area (Å²) in [4.78, 5) is 21.0. The summed E-state index contributed by atoms with van der Waals surface area (Å²) in [6, 6.07) is 8.45. The summed E-state index contributed by atoms with van der Waals surface area (Å²) >= 11 is 0. The normalized spacial score (nSPS) is 21.5. The molecule has 0 bridgehead atoms. The van der Waals surface area contributed by atoms with Crippen molar-refractivity contribution in [2.75, 3.05) is 53.4 Å². The molecule has 2 saturated heterocycles. The number of guanidine groups is 1. The number of carbonyl (C=O) groups is 1. The van der Waals surface area contributed by atoms with E-state index in [-0.39, 0.29) is 36.0 Å². The third-order valence-corrected chi connectivity index (χ3v) is 5.55. The molecule has 3 rings (SSSR count). The molecule has 0 saturated carbocycles. The highest BCUT2D eigenvalue weighted by molar-refractivity contribution is 14.0. The molecule has 168 valence electrons. The van der Waals surface area contributed by atoms with E-state index < -0.39 is 0 Å². The minimum absolute atomic E-state index is 0. The lowest BCUT2D eigenvalue weighted by molar-refractivity contribution is -0.0432. The summed E-state index contributed by atoms with van der Waals surface area (Å²) in [5.74, 6) is 0.850. The molecule has 0 spiro atoms. The molecular formula is C22H36IN5O2. The van der Waals surface area contributed by atoms with Crippen molar-refractivity contribution in [2.45, 2.75) is 38.3 Å². The Kier molecular flexibility index (Phi) is 10.3. The minimum atomic E-state index is 0. The number of nitrogens with zero attached hydrogens (tertiary/aromatic N) is 3. The van der Waals surface area contributed by atoms with E-state index in [1.807, 2.05) is 18.2 Å². The van der Waals surface area contributed by atoms with Crippen LogP contribution in [0.1, 0.15) is 35.7 Å². The fourth-order valence-electron chi connectivity index (χ4n) is 3.97. The number of carbonyl (C=O) groups excluding carboxylic acids is 1. The highest BCUT2D eigenvalue weighted by Gasteiger charge is 2.31. The first-order chi connectivity index (χ1) is 14.1. The number of nitrogens with one attached hydrogen (secondary N) is 2. The number of amides is 1. The molecule has 2 atom stereocenters. The van der Waals surface area contributed by atoms with E-state index in [9.17, 15) is 4.79 Å². The fraction of sp³-hybridized carbons (Fsp3) is 0.636. The van der Waals surface area contributed by atoms with Crippen LogP contribution in [0.4, 0.5) is 0 Å². The Hall–Kier alpha value is -1.39. The molecule has 0 aliphatic carbocycles. The summed E-state index contributed by atoms with van der Waals surface area (Å²) in [7, 11) is 3.55. The molecule has 1 aromatic rings. The zero-order chi connectivity index (χ0) is 20.6. The number of benzene rings is 1. The van der Waals surface area contributed by atoms with Crippen LogP contribution in [-0.2, 0) is 11.2 Å². The zero-order valence-corrected chi connectivity index (χ0v) is 20.7. The number of ether oxygens (including phenoxy) is 1. The van der Waals surface area contributed by atoms with E-state index in [1.54, 1.807) is 19.0 Å². The summed E-state index contributed by atoms with van der Waals surface area (Å²) < 4.78 is 6.01. The topological polar surface area (TPSA) is 69.2 Å². The molecule has 7 nitrogen and oxygen atoms in total. The predicted octanol–water partition coefficient (Wildman–Crippen LogP) is 1.97. The molecule has 2 aliphatic rings. The molecule has 0 radical (unpaired) electrons. The van der Waals surface area contributed by atoms with Crippen LogP contribution in [0.5, 0.6) is 0 Å². The first-order valence-corrected chi connectivity index (χ1v) is 10.7. The molecule has 2 heterocycles. The van der Waals surface area contributed by atoms with Crippen LogP contribution in [0, 0.1) is 0 Å². The number of morpholine rings is 1. The van der Waals surface area contributed by atoms with Crippen LogP contribution >= 0.6 is 24.0 Å². The van der Waals surface area contributed by atoms with Gasteiger partial charge in [0, 0.05) is 45.3 Å². The third kappa shape index (κ3) is 7.09. The number of aliphatic imine (C=N–C) groups is 1. The van der Waals surface area contributed by atoms with Gasteiger partial charge in [-0.3, -0.25) is 14.7 Å². The summed E-state index contributed by atoms with van der Waals surface area (Å²) in [6.45, 7) is 7.34. The number of hydrogen-bond acceptors (Lipinski definition) is 4. The number of fused-ring (bicyclic) bond motifs is 1. The zero-order valence-electron chi connectivity index (χ0n) is 18.4. The highest BCUT2D eigenvalue weighted by Crippen LogP contribution is 2.22. The second kappa shape index (κ2) is 12.5. The Balaban J connectivity index is 0.00000320. The van der Waals surface area contributed by atoms with Crippen molar-refractivity contribution in [3.8, 4) is 0 Å². The first-order valence-electron chi connectivity index (χ1n) is 10.7. The minimum Gasteiger partial charge on any atom is -0.373 e. The van der Waals surface area contributed by atoms with Crippen molar-refractivity contribution in [3.05, 3.63) is 35.4 Å². The van der Waals surface area contributed by atoms with Gasteiger partial charge in [0.05, 0.1) is 19.3 Å². The van der Waals surface area contributed by atoms with Gasteiger partial charge >= 0.3 is 0 Å². The van der Waals surface area contributed by atoms with E-state index in [1.165, 1.54) is 19.4 Å². The van der Waals surface area contributed by atoms with Crippen molar-refractivity contribution in [2.24, 2.45) is 4.99 Å². The van der Waals surface area contributed by atoms with Crippen LogP contribution < -0.4 is 10.6 Å². The van der Waals surface area contributed by atoms with Gasteiger partial charge in [0.15, 0.2) is 5.96 Å². The van der Waals surface area contributed by atoms with Crippen LogP contribution in [-0.4, -0.2) is 87.2 Å². The van der Waals surface area contributed by atoms with E-state index in [4.69, 9.17) is 9.73 Å². The summed E-state index contributed by atoms with van der Waals surface area (Å²) in [5, 5.41) is 6.71. The highest BCUT2D eigenvalue weighted by atomic mass is 127. The molecule has 2 fully saturated rings. The maximum absolute atomic E-state index is 12.1. The smallest absolute Gasteiger partial charge is 0.253 e. The maximum atomic E-state index is 12.1. The largest absolute Gasteiger partial charge is 0.373 e. The van der Waals surface area contributed by atoms with Crippen LogP contribution in [0.3, 0.4) is 0 Å². The van der Waals surface area contributed by atoms with Crippen molar-refractivity contribution in [1.29, 1.82) is 0 Å². The Labute approximate surface area is 197 Å². The fourth-order valence-corrected chi connectivity index (χ4v) is 3.97. The summed E-state index contributed by atoms with van der Waals surface area (Å²) in [6.07, 6.45) is 3.55. The van der Waals surface area contributed by atoms with Crippen LogP contribution in [0.25, 0.3) is 0 Å². The SMILES string of the molecule is CCNC(=NCC1CN2CCCC2CO1)NCCc1cccc(C(=O)N(C)C)c1.I. The lowest BCUT2D eigenvalue weighted by Gasteiger charge is -2.34. The molecule has 2 unspecified atom stereocenters. The van der Waals surface area contributed by atoms with Gasteiger partial charge in [0.25, 0.3) is 5.91 Å². The van der Waals surface area contributed by atoms with Gasteiger partial charge in [-0.2, -0.15) is 0 Å². The van der Waals surface area contributed by atoms with Crippen LogP contribution in [0.15, 0.2) is 29.3 Å². The lowest BCUT2D eigenvalue weighted by Crippen LogP contribution is -2.47. The molecule has 2 N–H and O–H groups in total. The van der Waals surface area contributed by atoms with Gasteiger partial charge in [0.2, 0.25) is 0 Å². The summed E-state index contributed by atoms with van der Waals surface area (Å²) in [5.41, 5.74) is 1.86. The Morgan fingerprint density at radius 2 is 2.17 bits per heavy atom. The third-order valence-electron chi connectivity index (χ3n) is 5.55. The van der Waals surface area contributed by atoms with E-state index >= 15 is 0 Å². The van der Waals surface area contributed by atoms with Crippen molar-refractivity contribution in [3.63, 3.8) is 0 Å². The molecular weight excluding hydrogens is 493 g/mol. The molecule has 1 amide bonds. The van der Waals surface area contributed by atoms with E-state index in [0.29, 0.717) is 12.6 Å². The van der Waals surface area contributed by atoms with Gasteiger partial charge in [-0.15, -0.1) is 24.0 Å². The maximum Gasteiger partial charge on any atom is 0.253 e. The lowest BCUT2D eigenvalue weighted by atomic mass is 10.1. The van der Waals surface area contributed by atoms with E-state index in [0.717, 1.165) is 49.7 Å². The Morgan fingerprint density at radius 1 is 1.33 bits per heavy atom. The standard InChI is InChI=1S/C22H35N5O2.HI/c1-4-23-22(25-14-20-15-27-12-6-9-19(27)16-29-20)24-11-10-17-7-5-8-18(13-17)21(28)26(2)3;/h5,7-8,13,19-20H,4,6,9-12,14-16H2,1-3H3,(H2,23,24,25);1H. The molecule has 1 aromatic carbocycles. The average molecular weight is 529 g/mol. The number of rotatable bonds is 7. The predicted molar refractivity (Wildman–Crippen MR) is 132 cm³/mol. The average Bonchev–Trinajstić information content (AvgIpc) is 3.19. The van der Waals surface area contributed by atoms with Gasteiger partial charge in [-0.05, 0) is 50.4 Å². The second-order valence-electron chi connectivity index (χ2n) is 8.04. The first kappa shape index (κ1) is 24.9. The molecule has 30 heavy (non-hydrogen) atoms. The molecule has 0 aromatic heterocycles. The van der Waals surface area contributed by atoms with Crippen molar-refractivity contribution < 1.29 is 9.53 Å². The molecule has 2 aliphatic heterocycles. The monoisotopic (exact) mass is 529 g/mol. The van der Waals surface area contributed by atoms with Crippen molar-refractivity contribution >= 4 is 35.8 Å². The second-order valence-corrected chi connectivity index (χ2v) is 8.04. The van der Waals surface area contributed by atoms with Crippen molar-refractivity contribution in [1.82, 2.24) is 20.4 Å². The van der Waals surface area contributed by atoms with Gasteiger partial charge in [-0.1, -0.05) is 12.1 Å². The number of halogens is 1. The molecule has 8 heteroatoms. The van der Waals surface area contributed by atoms with E-state index in [2.05, 4.69) is 28.5 Å². The van der Waals surface area contributed by atoms with Gasteiger partial charge < -0.3 is 20.3 Å². The number of hydrogen-bond donors (Lipinski definition) is 2. The van der Waals surface area contributed by atoms with Gasteiger partial charge in [0.1, 0.15) is 0 Å². The Bertz CT molecular complexity index is 713. The quantitative estimate of drug-likeness (QED) is 0.321.